The molecule has 10 heteroatoms. The van der Waals surface area contributed by atoms with E-state index < -0.39 is 11.5 Å². The maximum absolute atomic E-state index is 14.2. The topological polar surface area (TPSA) is 84.9 Å². The van der Waals surface area contributed by atoms with Crippen molar-refractivity contribution in [2.75, 3.05) is 30.9 Å². The molecule has 216 valence electrons. The van der Waals surface area contributed by atoms with Gasteiger partial charge in [0.25, 0.3) is 0 Å². The minimum atomic E-state index is -0.591. The van der Waals surface area contributed by atoms with E-state index in [2.05, 4.69) is 4.98 Å². The molecule has 8 nitrogen and oxygen atoms in total. The number of ether oxygens (including phenoxy) is 2. The second kappa shape index (κ2) is 12.0. The molecule has 4 heterocycles. The predicted molar refractivity (Wildman–Crippen MR) is 162 cm³/mol. The first-order valence-corrected chi connectivity index (χ1v) is 15.3. The quantitative estimate of drug-likeness (QED) is 0.312. The highest BCUT2D eigenvalue weighted by atomic mass is 35.5. The lowest BCUT2D eigenvalue weighted by atomic mass is 9.88. The maximum Gasteiger partial charge on any atom is 0.410 e. The predicted octanol–water partition coefficient (Wildman–Crippen LogP) is 6.48. The van der Waals surface area contributed by atoms with Crippen LogP contribution in [0.2, 0.25) is 5.02 Å². The normalized spacial score (nSPS) is 19.2. The molecule has 2 unspecified atom stereocenters. The Balaban J connectivity index is 1.43. The number of pyridine rings is 2. The van der Waals surface area contributed by atoms with Crippen molar-refractivity contribution in [1.82, 2.24) is 14.9 Å². The van der Waals surface area contributed by atoms with Gasteiger partial charge in [-0.2, -0.15) is 0 Å². The van der Waals surface area contributed by atoms with Gasteiger partial charge < -0.3 is 19.3 Å². The van der Waals surface area contributed by atoms with Gasteiger partial charge in [-0.05, 0) is 76.3 Å². The van der Waals surface area contributed by atoms with Gasteiger partial charge in [0.15, 0.2) is 0 Å². The third-order valence-corrected chi connectivity index (χ3v) is 8.08. The third kappa shape index (κ3) is 6.68. The summed E-state index contributed by atoms with van der Waals surface area (Å²) in [5.74, 6) is -0.645. The Labute approximate surface area is 250 Å². The van der Waals surface area contributed by atoms with Crippen LogP contribution in [0.1, 0.15) is 50.1 Å². The molecule has 2 aromatic heterocycles. The molecule has 2 aliphatic heterocycles. The number of fused-ring (bicyclic) bond motifs is 1. The number of benzene rings is 1. The lowest BCUT2D eigenvalue weighted by molar-refractivity contribution is -0.122. The number of carbonyl (C=O) groups is 2. The van der Waals surface area contributed by atoms with E-state index in [0.29, 0.717) is 43.4 Å². The molecule has 0 spiro atoms. The van der Waals surface area contributed by atoms with Crippen molar-refractivity contribution in [2.45, 2.75) is 63.3 Å². The second-order valence-corrected chi connectivity index (χ2v) is 12.6. The smallest absolute Gasteiger partial charge is 0.410 e. The number of morpholine rings is 1. The highest BCUT2D eigenvalue weighted by Crippen LogP contribution is 2.39. The number of carbonyl (C=O) groups excluding carboxylic acids is 2. The average Bonchev–Trinajstić information content (AvgIpc) is 2.93. The van der Waals surface area contributed by atoms with Crippen molar-refractivity contribution in [3.05, 3.63) is 70.5 Å². The van der Waals surface area contributed by atoms with Gasteiger partial charge in [0.05, 0.1) is 58.8 Å². The van der Waals surface area contributed by atoms with E-state index in [4.69, 9.17) is 26.1 Å². The van der Waals surface area contributed by atoms with Crippen molar-refractivity contribution in [1.29, 1.82) is 0 Å². The number of rotatable bonds is 5. The number of aromatic nitrogens is 2. The summed E-state index contributed by atoms with van der Waals surface area (Å²) < 4.78 is 11.6. The van der Waals surface area contributed by atoms with Crippen molar-refractivity contribution in [3.63, 3.8) is 0 Å². The summed E-state index contributed by atoms with van der Waals surface area (Å²) in [7, 11) is 0. The van der Waals surface area contributed by atoms with Crippen LogP contribution in [0.3, 0.4) is 0 Å². The zero-order chi connectivity index (χ0) is 29.3. The Bertz CT molecular complexity index is 1460. The van der Waals surface area contributed by atoms with E-state index in [1.807, 2.05) is 82.5 Å². The van der Waals surface area contributed by atoms with Crippen molar-refractivity contribution in [2.24, 2.45) is 0 Å². The summed E-state index contributed by atoms with van der Waals surface area (Å²) in [4.78, 5) is 39.8. The van der Waals surface area contributed by atoms with Crippen LogP contribution in [0.25, 0.3) is 11.3 Å². The van der Waals surface area contributed by atoms with Gasteiger partial charge >= 0.3 is 6.09 Å². The highest BCUT2D eigenvalue weighted by Gasteiger charge is 2.39. The summed E-state index contributed by atoms with van der Waals surface area (Å²) >= 11 is 8.35. The first-order chi connectivity index (χ1) is 19.5. The first kappa shape index (κ1) is 29.4. The van der Waals surface area contributed by atoms with Crippen molar-refractivity contribution < 1.29 is 19.1 Å². The largest absolute Gasteiger partial charge is 0.444 e. The first-order valence-electron chi connectivity index (χ1n) is 13.7. The van der Waals surface area contributed by atoms with E-state index in [-0.39, 0.29) is 18.1 Å². The van der Waals surface area contributed by atoms with E-state index >= 15 is 0 Å². The molecule has 41 heavy (non-hydrogen) atoms. The molecule has 0 saturated carbocycles. The van der Waals surface area contributed by atoms with Crippen LogP contribution in [0, 0.1) is 6.92 Å². The molecule has 0 N–H and O–H groups in total. The fourth-order valence-electron chi connectivity index (χ4n) is 5.21. The van der Waals surface area contributed by atoms with Gasteiger partial charge in [-0.1, -0.05) is 29.8 Å². The van der Waals surface area contributed by atoms with Crippen LogP contribution in [0.4, 0.5) is 10.5 Å². The fourth-order valence-corrected chi connectivity index (χ4v) is 5.89. The molecule has 0 bridgehead atoms. The summed E-state index contributed by atoms with van der Waals surface area (Å²) in [5.41, 5.74) is 4.39. The van der Waals surface area contributed by atoms with Crippen LogP contribution < -0.4 is 4.90 Å². The second-order valence-electron chi connectivity index (χ2n) is 11.4. The molecule has 2 amide bonds. The average molecular weight is 595 g/mol. The zero-order valence-electron chi connectivity index (χ0n) is 24.0. The number of aryl methyl sites for hydroxylation is 1. The number of hydrogen-bond acceptors (Lipinski definition) is 7. The van der Waals surface area contributed by atoms with Gasteiger partial charge in [0.2, 0.25) is 5.91 Å². The minimum absolute atomic E-state index is 0.0930. The SMILES string of the molecule is CSc1ccc2c(n1)C(CC1CN(C(=O)OC(C)(C)C)CCO1)C(=O)N(c1ccc(-c3cccc(C)n3)cc1Cl)C2. The van der Waals surface area contributed by atoms with Gasteiger partial charge in [0.1, 0.15) is 5.60 Å². The lowest BCUT2D eigenvalue weighted by Gasteiger charge is -2.38. The molecule has 0 radical (unpaired) electrons. The van der Waals surface area contributed by atoms with Crippen LogP contribution in [-0.2, 0) is 20.8 Å². The molecular weight excluding hydrogens is 560 g/mol. The third-order valence-electron chi connectivity index (χ3n) is 7.13. The Kier molecular flexibility index (Phi) is 8.59. The minimum Gasteiger partial charge on any atom is -0.444 e. The maximum atomic E-state index is 14.2. The lowest BCUT2D eigenvalue weighted by Crippen LogP contribution is -2.49. The van der Waals surface area contributed by atoms with E-state index in [9.17, 15) is 9.59 Å². The molecule has 3 aromatic rings. The standard InChI is InChI=1S/C31H35ClN4O4S/c1-19-7-6-8-25(33-19)20-9-11-26(24(32)15-20)36-17-21-10-12-27(41-5)34-28(21)23(29(36)37)16-22-18-35(13-14-39-22)30(38)40-31(2,3)4/h6-12,15,22-23H,13-14,16-18H2,1-5H3. The van der Waals surface area contributed by atoms with Crippen molar-refractivity contribution in [3.8, 4) is 11.3 Å². The van der Waals surface area contributed by atoms with Gasteiger partial charge in [-0.25, -0.2) is 9.78 Å². The van der Waals surface area contributed by atoms with Crippen LogP contribution in [0.15, 0.2) is 53.6 Å². The molecular formula is C31H35ClN4O4S. The summed E-state index contributed by atoms with van der Waals surface area (Å²) in [6.45, 7) is 9.01. The Hall–Kier alpha value is -3.14. The van der Waals surface area contributed by atoms with Gasteiger partial charge in [0, 0.05) is 17.8 Å². The van der Waals surface area contributed by atoms with Crippen LogP contribution >= 0.6 is 23.4 Å². The number of nitrogens with zero attached hydrogens (tertiary/aromatic N) is 4. The van der Waals surface area contributed by atoms with Crippen LogP contribution in [-0.4, -0.2) is 64.5 Å². The molecule has 5 rings (SSSR count). The highest BCUT2D eigenvalue weighted by molar-refractivity contribution is 7.98. The molecule has 1 aromatic carbocycles. The summed E-state index contributed by atoms with van der Waals surface area (Å²) in [5, 5.41) is 1.32. The van der Waals surface area contributed by atoms with E-state index in [0.717, 1.165) is 33.2 Å². The van der Waals surface area contributed by atoms with Crippen LogP contribution in [0.5, 0.6) is 0 Å². The summed E-state index contributed by atoms with van der Waals surface area (Å²) in [6, 6.07) is 15.5. The molecule has 1 fully saturated rings. The van der Waals surface area contributed by atoms with Gasteiger partial charge in [-0.3, -0.25) is 9.78 Å². The number of anilines is 1. The number of hydrogen-bond donors (Lipinski definition) is 0. The Morgan fingerprint density at radius 2 is 1.98 bits per heavy atom. The zero-order valence-corrected chi connectivity index (χ0v) is 25.6. The Morgan fingerprint density at radius 1 is 1.17 bits per heavy atom. The molecule has 2 aliphatic rings. The summed E-state index contributed by atoms with van der Waals surface area (Å²) in [6.07, 6.45) is 1.63. The monoisotopic (exact) mass is 594 g/mol. The fraction of sp³-hybridized carbons (Fsp3) is 0.419. The Morgan fingerprint density at radius 3 is 2.68 bits per heavy atom. The van der Waals surface area contributed by atoms with E-state index in [1.165, 1.54) is 11.8 Å². The molecule has 1 saturated heterocycles. The molecule has 2 atom stereocenters. The van der Waals surface area contributed by atoms with Crippen molar-refractivity contribution >= 4 is 41.1 Å². The van der Waals surface area contributed by atoms with Gasteiger partial charge in [-0.15, -0.1) is 11.8 Å². The van der Waals surface area contributed by atoms with E-state index in [1.54, 1.807) is 9.80 Å². The molecule has 0 aliphatic carbocycles. The number of halogens is 1. The number of amides is 2. The number of thioether (sulfide) groups is 1.